The molecule has 0 radical (unpaired) electrons. The highest BCUT2D eigenvalue weighted by molar-refractivity contribution is 5.46. The molecule has 3 heteroatoms. The van der Waals surface area contributed by atoms with E-state index in [4.69, 9.17) is 9.47 Å². The molecule has 0 spiro atoms. The first kappa shape index (κ1) is 15.2. The first-order valence-electron chi connectivity index (χ1n) is 7.36. The highest BCUT2D eigenvalue weighted by Crippen LogP contribution is 2.17. The van der Waals surface area contributed by atoms with E-state index in [0.29, 0.717) is 0 Å². The average Bonchev–Trinajstić information content (AvgIpc) is 2.53. The topological polar surface area (TPSA) is 30.5 Å². The Hall–Kier alpha value is -2.16. The number of methoxy groups -OCH3 is 1. The molecule has 0 heterocycles. The van der Waals surface area contributed by atoms with Crippen molar-refractivity contribution in [2.24, 2.45) is 0 Å². The fourth-order valence-electron chi connectivity index (χ4n) is 2.07. The van der Waals surface area contributed by atoms with Crippen molar-refractivity contribution in [3.05, 3.63) is 54.1 Å². The van der Waals surface area contributed by atoms with Gasteiger partial charge in [0.15, 0.2) is 0 Å². The van der Waals surface area contributed by atoms with Crippen LogP contribution >= 0.6 is 0 Å². The number of rotatable bonds is 8. The van der Waals surface area contributed by atoms with Crippen LogP contribution in [0.15, 0.2) is 48.5 Å². The Morgan fingerprint density at radius 1 is 0.952 bits per heavy atom. The van der Waals surface area contributed by atoms with Gasteiger partial charge >= 0.3 is 0 Å². The maximum absolute atomic E-state index is 5.78. The van der Waals surface area contributed by atoms with E-state index >= 15 is 0 Å². The summed E-state index contributed by atoms with van der Waals surface area (Å²) in [6.45, 7) is 3.78. The minimum atomic E-state index is 0.759. The molecule has 0 atom stereocenters. The van der Waals surface area contributed by atoms with E-state index in [1.807, 2.05) is 42.5 Å². The van der Waals surface area contributed by atoms with Gasteiger partial charge in [0, 0.05) is 12.2 Å². The summed E-state index contributed by atoms with van der Waals surface area (Å²) in [6, 6.07) is 16.1. The number of aryl methyl sites for hydroxylation is 1. The van der Waals surface area contributed by atoms with Gasteiger partial charge in [-0.3, -0.25) is 0 Å². The lowest BCUT2D eigenvalue weighted by atomic mass is 10.2. The molecule has 0 aliphatic rings. The average molecular weight is 285 g/mol. The van der Waals surface area contributed by atoms with Crippen LogP contribution < -0.4 is 14.8 Å². The lowest BCUT2D eigenvalue weighted by Crippen LogP contribution is -2.05. The monoisotopic (exact) mass is 285 g/mol. The molecule has 0 bridgehead atoms. The van der Waals surface area contributed by atoms with Gasteiger partial charge in [-0.25, -0.2) is 0 Å². The second-order valence-electron chi connectivity index (χ2n) is 4.98. The lowest BCUT2D eigenvalue weighted by molar-refractivity contribution is 0.306. The number of hydrogen-bond donors (Lipinski definition) is 1. The predicted molar refractivity (Wildman–Crippen MR) is 87.4 cm³/mol. The molecule has 0 fully saturated rings. The fourth-order valence-corrected chi connectivity index (χ4v) is 2.07. The third kappa shape index (κ3) is 5.03. The second-order valence-corrected chi connectivity index (χ2v) is 4.98. The normalized spacial score (nSPS) is 10.2. The molecule has 0 saturated heterocycles. The molecule has 21 heavy (non-hydrogen) atoms. The number of ether oxygens (including phenoxy) is 2. The fraction of sp³-hybridized carbons (Fsp3) is 0.333. The van der Waals surface area contributed by atoms with Gasteiger partial charge in [0.05, 0.1) is 13.7 Å². The van der Waals surface area contributed by atoms with E-state index in [1.54, 1.807) is 7.11 Å². The number of nitrogens with one attached hydrogen (secondary N) is 1. The first-order chi connectivity index (χ1) is 10.3. The van der Waals surface area contributed by atoms with Crippen LogP contribution in [0.3, 0.4) is 0 Å². The number of hydrogen-bond acceptors (Lipinski definition) is 3. The highest BCUT2D eigenvalue weighted by atomic mass is 16.5. The van der Waals surface area contributed by atoms with E-state index < -0.39 is 0 Å². The molecule has 0 unspecified atom stereocenters. The zero-order chi connectivity index (χ0) is 14.9. The van der Waals surface area contributed by atoms with E-state index in [9.17, 15) is 0 Å². The lowest BCUT2D eigenvalue weighted by Gasteiger charge is -2.10. The molecule has 2 aromatic rings. The molecular formula is C18H23NO2. The number of unbranched alkanes of at least 4 members (excludes halogenated alkanes) is 1. The van der Waals surface area contributed by atoms with Crippen LogP contribution in [0.5, 0.6) is 11.5 Å². The first-order valence-corrected chi connectivity index (χ1v) is 7.36. The van der Waals surface area contributed by atoms with Crippen molar-refractivity contribution in [1.82, 2.24) is 0 Å². The zero-order valence-electron chi connectivity index (χ0n) is 12.8. The van der Waals surface area contributed by atoms with Crippen LogP contribution in [0.1, 0.15) is 18.4 Å². The third-order valence-electron chi connectivity index (χ3n) is 3.34. The molecule has 2 rings (SSSR count). The summed E-state index contributed by atoms with van der Waals surface area (Å²) < 4.78 is 10.9. The highest BCUT2D eigenvalue weighted by Gasteiger charge is 1.97. The molecular weight excluding hydrogens is 262 g/mol. The minimum absolute atomic E-state index is 0.759. The van der Waals surface area contributed by atoms with Crippen LogP contribution in [0.4, 0.5) is 5.69 Å². The number of benzene rings is 2. The summed E-state index contributed by atoms with van der Waals surface area (Å²) in [4.78, 5) is 0. The molecule has 0 amide bonds. The van der Waals surface area contributed by atoms with Gasteiger partial charge in [0.25, 0.3) is 0 Å². The van der Waals surface area contributed by atoms with Crippen LogP contribution in [0.2, 0.25) is 0 Å². The molecule has 0 aromatic heterocycles. The minimum Gasteiger partial charge on any atom is -0.497 e. The summed E-state index contributed by atoms with van der Waals surface area (Å²) in [7, 11) is 1.68. The van der Waals surface area contributed by atoms with Gasteiger partial charge in [-0.15, -0.1) is 0 Å². The van der Waals surface area contributed by atoms with Gasteiger partial charge < -0.3 is 14.8 Å². The Bertz CT molecular complexity index is 537. The van der Waals surface area contributed by atoms with Crippen molar-refractivity contribution in [3.8, 4) is 11.5 Å². The van der Waals surface area contributed by atoms with Crippen LogP contribution in [0.25, 0.3) is 0 Å². The van der Waals surface area contributed by atoms with E-state index in [-0.39, 0.29) is 0 Å². The molecule has 1 N–H and O–H groups in total. The van der Waals surface area contributed by atoms with Gasteiger partial charge in [0.2, 0.25) is 0 Å². The van der Waals surface area contributed by atoms with Crippen molar-refractivity contribution in [2.75, 3.05) is 25.6 Å². The van der Waals surface area contributed by atoms with Gasteiger partial charge in [-0.2, -0.15) is 0 Å². The molecule has 0 aliphatic carbocycles. The van der Waals surface area contributed by atoms with E-state index in [0.717, 1.165) is 43.2 Å². The predicted octanol–water partition coefficient (Wildman–Crippen LogP) is 4.27. The largest absolute Gasteiger partial charge is 0.497 e. The SMILES string of the molecule is COc1ccc(NCCCCOc2ccccc2C)cc1. The third-order valence-corrected chi connectivity index (χ3v) is 3.34. The van der Waals surface area contributed by atoms with E-state index in [2.05, 4.69) is 18.3 Å². The summed E-state index contributed by atoms with van der Waals surface area (Å²) in [5.74, 6) is 1.87. The summed E-state index contributed by atoms with van der Waals surface area (Å²) in [5.41, 5.74) is 2.31. The van der Waals surface area contributed by atoms with Crippen molar-refractivity contribution in [1.29, 1.82) is 0 Å². The maximum Gasteiger partial charge on any atom is 0.122 e. The second kappa shape index (κ2) is 8.20. The van der Waals surface area contributed by atoms with Gasteiger partial charge in [-0.05, 0) is 55.7 Å². The maximum atomic E-state index is 5.78. The van der Waals surface area contributed by atoms with Crippen LogP contribution in [0, 0.1) is 6.92 Å². The van der Waals surface area contributed by atoms with Crippen molar-refractivity contribution >= 4 is 5.69 Å². The molecule has 0 aliphatic heterocycles. The van der Waals surface area contributed by atoms with Crippen LogP contribution in [-0.2, 0) is 0 Å². The van der Waals surface area contributed by atoms with Crippen molar-refractivity contribution in [3.63, 3.8) is 0 Å². The molecule has 0 saturated carbocycles. The zero-order valence-corrected chi connectivity index (χ0v) is 12.8. The Balaban J connectivity index is 1.60. The smallest absolute Gasteiger partial charge is 0.122 e. The Morgan fingerprint density at radius 2 is 1.71 bits per heavy atom. The van der Waals surface area contributed by atoms with E-state index in [1.165, 1.54) is 5.56 Å². The summed E-state index contributed by atoms with van der Waals surface area (Å²) in [6.07, 6.45) is 2.12. The van der Waals surface area contributed by atoms with Crippen LogP contribution in [-0.4, -0.2) is 20.3 Å². The van der Waals surface area contributed by atoms with Gasteiger partial charge in [-0.1, -0.05) is 18.2 Å². The summed E-state index contributed by atoms with van der Waals surface area (Å²) >= 11 is 0. The Morgan fingerprint density at radius 3 is 2.43 bits per heavy atom. The molecule has 112 valence electrons. The van der Waals surface area contributed by atoms with Crippen molar-refractivity contribution in [2.45, 2.75) is 19.8 Å². The van der Waals surface area contributed by atoms with Crippen molar-refractivity contribution < 1.29 is 9.47 Å². The summed E-state index contributed by atoms with van der Waals surface area (Å²) in [5, 5.41) is 3.39. The van der Waals surface area contributed by atoms with Gasteiger partial charge in [0.1, 0.15) is 11.5 Å². The number of para-hydroxylation sites is 1. The molecule has 2 aromatic carbocycles. The quantitative estimate of drug-likeness (QED) is 0.735. The Labute approximate surface area is 126 Å². The standard InChI is InChI=1S/C18H23NO2/c1-15-7-3-4-8-18(15)21-14-6-5-13-19-16-9-11-17(20-2)12-10-16/h3-4,7-12,19H,5-6,13-14H2,1-2H3. The number of anilines is 1. The Kier molecular flexibility index (Phi) is 5.95. The molecule has 3 nitrogen and oxygen atoms in total.